The molecule has 0 fully saturated rings. The fourth-order valence-electron chi connectivity index (χ4n) is 4.09. The van der Waals surface area contributed by atoms with Crippen LogP contribution in [0.1, 0.15) is 49.8 Å². The quantitative estimate of drug-likeness (QED) is 0.406. The number of amides is 2. The zero-order chi connectivity index (χ0) is 25.2. The van der Waals surface area contributed by atoms with Crippen molar-refractivity contribution in [3.63, 3.8) is 0 Å². The number of rotatable bonds is 11. The molecule has 0 aliphatic rings. The van der Waals surface area contributed by atoms with Crippen molar-refractivity contribution in [2.45, 2.75) is 45.7 Å². The van der Waals surface area contributed by atoms with Gasteiger partial charge in [0.15, 0.2) is 0 Å². The Labute approximate surface area is 209 Å². The number of benzene rings is 3. The number of nitrogens with one attached hydrogen (secondary N) is 1. The molecule has 0 heterocycles. The minimum Gasteiger partial charge on any atom is -0.497 e. The van der Waals surface area contributed by atoms with Gasteiger partial charge in [-0.25, -0.2) is 0 Å². The molecule has 3 rings (SSSR count). The van der Waals surface area contributed by atoms with Crippen LogP contribution in [-0.4, -0.2) is 36.4 Å². The van der Waals surface area contributed by atoms with Crippen LogP contribution in [0.2, 0.25) is 0 Å². The highest BCUT2D eigenvalue weighted by molar-refractivity contribution is 5.87. The van der Waals surface area contributed by atoms with Gasteiger partial charge in [-0.15, -0.1) is 0 Å². The van der Waals surface area contributed by atoms with E-state index in [2.05, 4.69) is 43.4 Å². The van der Waals surface area contributed by atoms with Gasteiger partial charge in [0.2, 0.25) is 11.8 Å². The first-order chi connectivity index (χ1) is 16.9. The van der Waals surface area contributed by atoms with E-state index in [1.807, 2.05) is 60.7 Å². The molecule has 2 amide bonds. The van der Waals surface area contributed by atoms with E-state index in [0.717, 1.165) is 22.4 Å². The Kier molecular flexibility index (Phi) is 9.47. The maximum atomic E-state index is 13.9. The first-order valence-corrected chi connectivity index (χ1v) is 12.2. The van der Waals surface area contributed by atoms with Crippen LogP contribution in [0.15, 0.2) is 84.9 Å². The second-order valence-electron chi connectivity index (χ2n) is 9.27. The molecule has 0 aromatic heterocycles. The third-order valence-electron chi connectivity index (χ3n) is 6.12. The Hall–Kier alpha value is -3.60. The van der Waals surface area contributed by atoms with Gasteiger partial charge >= 0.3 is 0 Å². The van der Waals surface area contributed by atoms with E-state index in [9.17, 15) is 9.59 Å². The van der Waals surface area contributed by atoms with Crippen LogP contribution < -0.4 is 10.1 Å². The molecule has 0 bridgehead atoms. The van der Waals surface area contributed by atoms with Crippen molar-refractivity contribution < 1.29 is 14.3 Å². The number of carbonyl (C=O) groups excluding carboxylic acids is 2. The molecule has 35 heavy (non-hydrogen) atoms. The summed E-state index contributed by atoms with van der Waals surface area (Å²) >= 11 is 0. The van der Waals surface area contributed by atoms with Crippen molar-refractivity contribution in [2.75, 3.05) is 13.7 Å². The Balaban J connectivity index is 1.90. The highest BCUT2D eigenvalue weighted by Crippen LogP contribution is 2.29. The predicted octanol–water partition coefficient (Wildman–Crippen LogP) is 5.41. The summed E-state index contributed by atoms with van der Waals surface area (Å²) in [7, 11) is 1.62. The van der Waals surface area contributed by atoms with Gasteiger partial charge in [-0.05, 0) is 41.7 Å². The van der Waals surface area contributed by atoms with E-state index in [4.69, 9.17) is 4.74 Å². The number of ether oxygens (including phenoxy) is 1. The molecule has 1 N–H and O–H groups in total. The molecule has 184 valence electrons. The third-order valence-corrected chi connectivity index (χ3v) is 6.12. The minimum atomic E-state index is -0.611. The summed E-state index contributed by atoms with van der Waals surface area (Å²) in [5.74, 6) is 0.722. The maximum absolute atomic E-state index is 13.9. The van der Waals surface area contributed by atoms with Gasteiger partial charge < -0.3 is 15.0 Å². The normalized spacial score (nSPS) is 11.8. The van der Waals surface area contributed by atoms with Crippen LogP contribution in [0.3, 0.4) is 0 Å². The first kappa shape index (κ1) is 26.0. The van der Waals surface area contributed by atoms with Crippen LogP contribution in [-0.2, 0) is 16.1 Å². The molecule has 3 aromatic carbocycles. The second-order valence-corrected chi connectivity index (χ2v) is 9.27. The van der Waals surface area contributed by atoms with Gasteiger partial charge in [0, 0.05) is 25.4 Å². The number of hydrogen-bond acceptors (Lipinski definition) is 3. The van der Waals surface area contributed by atoms with Crippen molar-refractivity contribution in [1.82, 2.24) is 10.2 Å². The smallest absolute Gasteiger partial charge is 0.242 e. The van der Waals surface area contributed by atoms with Gasteiger partial charge in [0.25, 0.3) is 0 Å². The summed E-state index contributed by atoms with van der Waals surface area (Å²) in [6.45, 7) is 6.79. The molecule has 0 saturated heterocycles. The number of carbonyl (C=O) groups is 2. The van der Waals surface area contributed by atoms with Crippen molar-refractivity contribution in [3.8, 4) is 5.75 Å². The molecular formula is C30H36N2O3. The minimum absolute atomic E-state index is 0.0716. The largest absolute Gasteiger partial charge is 0.497 e. The summed E-state index contributed by atoms with van der Waals surface area (Å²) in [4.78, 5) is 28.5. The molecule has 0 radical (unpaired) electrons. The molecule has 1 atom stereocenters. The molecule has 0 spiro atoms. The highest BCUT2D eigenvalue weighted by atomic mass is 16.5. The van der Waals surface area contributed by atoms with Gasteiger partial charge in [0.05, 0.1) is 7.11 Å². The van der Waals surface area contributed by atoms with Crippen molar-refractivity contribution >= 4 is 11.8 Å². The van der Waals surface area contributed by atoms with Crippen LogP contribution in [0, 0.1) is 5.92 Å². The summed E-state index contributed by atoms with van der Waals surface area (Å²) in [5, 5.41) is 2.98. The van der Waals surface area contributed by atoms with Gasteiger partial charge in [-0.1, -0.05) is 86.6 Å². The maximum Gasteiger partial charge on any atom is 0.242 e. The average Bonchev–Trinajstić information content (AvgIpc) is 2.89. The average molecular weight is 473 g/mol. The second kappa shape index (κ2) is 12.7. The number of hydrogen-bond donors (Lipinski definition) is 1. The SMILES string of the molecule is COc1cccc(CN(C(=O)CC(c2ccccc2)c2ccccc2)C(C)C(=O)NCC(C)C)c1. The Morgan fingerprint density at radius 3 is 2.00 bits per heavy atom. The molecule has 3 aromatic rings. The van der Waals surface area contributed by atoms with Gasteiger partial charge in [-0.2, -0.15) is 0 Å². The summed E-state index contributed by atoms with van der Waals surface area (Å²) in [6.07, 6.45) is 0.264. The Morgan fingerprint density at radius 1 is 0.857 bits per heavy atom. The molecule has 5 heteroatoms. The van der Waals surface area contributed by atoms with E-state index in [0.29, 0.717) is 19.0 Å². The third kappa shape index (κ3) is 7.44. The molecule has 0 saturated carbocycles. The van der Waals surface area contributed by atoms with Crippen LogP contribution in [0.5, 0.6) is 5.75 Å². The van der Waals surface area contributed by atoms with Gasteiger partial charge in [0.1, 0.15) is 11.8 Å². The van der Waals surface area contributed by atoms with E-state index in [-0.39, 0.29) is 24.2 Å². The lowest BCUT2D eigenvalue weighted by Crippen LogP contribution is -2.48. The molecule has 5 nitrogen and oxygen atoms in total. The van der Waals surface area contributed by atoms with E-state index < -0.39 is 6.04 Å². The molecule has 0 aliphatic carbocycles. The van der Waals surface area contributed by atoms with E-state index in [1.54, 1.807) is 18.9 Å². The monoisotopic (exact) mass is 472 g/mol. The fraction of sp³-hybridized carbons (Fsp3) is 0.333. The van der Waals surface area contributed by atoms with E-state index >= 15 is 0 Å². The van der Waals surface area contributed by atoms with Crippen molar-refractivity contribution in [1.29, 1.82) is 0 Å². The fourth-order valence-corrected chi connectivity index (χ4v) is 4.09. The predicted molar refractivity (Wildman–Crippen MR) is 140 cm³/mol. The van der Waals surface area contributed by atoms with Gasteiger partial charge in [-0.3, -0.25) is 9.59 Å². The van der Waals surface area contributed by atoms with Crippen LogP contribution in [0.4, 0.5) is 0 Å². The molecule has 1 unspecified atom stereocenters. The molecule has 0 aliphatic heterocycles. The lowest BCUT2D eigenvalue weighted by Gasteiger charge is -2.31. The summed E-state index contributed by atoms with van der Waals surface area (Å²) in [5.41, 5.74) is 3.06. The van der Waals surface area contributed by atoms with Crippen LogP contribution in [0.25, 0.3) is 0 Å². The zero-order valence-corrected chi connectivity index (χ0v) is 21.1. The molecular weight excluding hydrogens is 436 g/mol. The summed E-state index contributed by atoms with van der Waals surface area (Å²) < 4.78 is 5.37. The Morgan fingerprint density at radius 2 is 1.46 bits per heavy atom. The van der Waals surface area contributed by atoms with Crippen LogP contribution >= 0.6 is 0 Å². The Bertz CT molecular complexity index is 1040. The van der Waals surface area contributed by atoms with Crippen molar-refractivity contribution in [2.24, 2.45) is 5.92 Å². The number of methoxy groups -OCH3 is 1. The highest BCUT2D eigenvalue weighted by Gasteiger charge is 2.29. The standard InChI is InChI=1S/C30H36N2O3/c1-22(2)20-31-30(34)23(3)32(21-24-12-11-17-27(18-24)35-4)29(33)19-28(25-13-7-5-8-14-25)26-15-9-6-10-16-26/h5-18,22-23,28H,19-21H2,1-4H3,(H,31,34). The first-order valence-electron chi connectivity index (χ1n) is 12.2. The lowest BCUT2D eigenvalue weighted by atomic mass is 9.88. The topological polar surface area (TPSA) is 58.6 Å². The van der Waals surface area contributed by atoms with Crippen molar-refractivity contribution in [3.05, 3.63) is 102 Å². The summed E-state index contributed by atoms with van der Waals surface area (Å²) in [6, 6.07) is 27.1. The lowest BCUT2D eigenvalue weighted by molar-refractivity contribution is -0.140. The number of nitrogens with zero attached hydrogens (tertiary/aromatic N) is 1. The zero-order valence-electron chi connectivity index (χ0n) is 21.1. The van der Waals surface area contributed by atoms with E-state index in [1.165, 1.54) is 0 Å².